The monoisotopic (exact) mass is 387 g/mol. The molecule has 0 fully saturated rings. The summed E-state index contributed by atoms with van der Waals surface area (Å²) in [5.41, 5.74) is -0.296. The van der Waals surface area contributed by atoms with Gasteiger partial charge in [-0.1, -0.05) is 15.9 Å². The summed E-state index contributed by atoms with van der Waals surface area (Å²) in [7, 11) is 0. The SMILES string of the molecule is O=Cc1cc(Br)ccc1OCC(=O)Nc1ccc(F)c(F)c1F. The Labute approximate surface area is 137 Å². The molecule has 4 nitrogen and oxygen atoms in total. The van der Waals surface area contributed by atoms with Gasteiger partial charge in [0.05, 0.1) is 11.3 Å². The minimum absolute atomic E-state index is 0.157. The van der Waals surface area contributed by atoms with Crippen LogP contribution in [0.15, 0.2) is 34.8 Å². The second kappa shape index (κ2) is 7.28. The molecule has 23 heavy (non-hydrogen) atoms. The molecule has 2 aromatic rings. The fourth-order valence-electron chi connectivity index (χ4n) is 1.69. The van der Waals surface area contributed by atoms with E-state index in [-0.39, 0.29) is 11.3 Å². The van der Waals surface area contributed by atoms with Crippen LogP contribution < -0.4 is 10.1 Å². The number of halogens is 4. The van der Waals surface area contributed by atoms with Crippen LogP contribution in [0.3, 0.4) is 0 Å². The molecule has 0 bridgehead atoms. The zero-order valence-corrected chi connectivity index (χ0v) is 13.0. The molecule has 1 amide bonds. The summed E-state index contributed by atoms with van der Waals surface area (Å²) < 4.78 is 45.1. The van der Waals surface area contributed by atoms with Gasteiger partial charge in [0.25, 0.3) is 5.91 Å². The van der Waals surface area contributed by atoms with Gasteiger partial charge in [-0.05, 0) is 30.3 Å². The molecule has 8 heteroatoms. The number of carbonyl (C=O) groups excluding carboxylic acids is 2. The van der Waals surface area contributed by atoms with Crippen molar-refractivity contribution in [1.29, 1.82) is 0 Å². The van der Waals surface area contributed by atoms with Crippen molar-refractivity contribution in [3.8, 4) is 5.75 Å². The zero-order valence-electron chi connectivity index (χ0n) is 11.4. The van der Waals surface area contributed by atoms with E-state index in [9.17, 15) is 22.8 Å². The van der Waals surface area contributed by atoms with Crippen molar-refractivity contribution < 1.29 is 27.5 Å². The second-order valence-electron chi connectivity index (χ2n) is 4.36. The number of hydrogen-bond acceptors (Lipinski definition) is 3. The minimum Gasteiger partial charge on any atom is -0.483 e. The van der Waals surface area contributed by atoms with Gasteiger partial charge in [0.1, 0.15) is 5.75 Å². The van der Waals surface area contributed by atoms with Crippen molar-refractivity contribution in [3.63, 3.8) is 0 Å². The predicted octanol–water partition coefficient (Wildman–Crippen LogP) is 3.70. The topological polar surface area (TPSA) is 55.4 Å². The van der Waals surface area contributed by atoms with E-state index in [1.54, 1.807) is 6.07 Å². The molecule has 0 atom stereocenters. The highest BCUT2D eigenvalue weighted by Crippen LogP contribution is 2.22. The third-order valence-electron chi connectivity index (χ3n) is 2.77. The molecular weight excluding hydrogens is 379 g/mol. The molecule has 0 unspecified atom stereocenters. The molecule has 0 aliphatic carbocycles. The highest BCUT2D eigenvalue weighted by molar-refractivity contribution is 9.10. The van der Waals surface area contributed by atoms with Gasteiger partial charge in [-0.15, -0.1) is 0 Å². The lowest BCUT2D eigenvalue weighted by Gasteiger charge is -2.10. The summed E-state index contributed by atoms with van der Waals surface area (Å²) in [4.78, 5) is 22.6. The van der Waals surface area contributed by atoms with Crippen LogP contribution in [0, 0.1) is 17.5 Å². The normalized spacial score (nSPS) is 10.3. The molecule has 0 aliphatic heterocycles. The highest BCUT2D eigenvalue weighted by atomic mass is 79.9. The first-order chi connectivity index (χ1) is 10.9. The van der Waals surface area contributed by atoms with Crippen molar-refractivity contribution in [3.05, 3.63) is 57.8 Å². The van der Waals surface area contributed by atoms with E-state index in [1.165, 1.54) is 12.1 Å². The third kappa shape index (κ3) is 4.10. The molecule has 0 saturated carbocycles. The molecular formula is C15H9BrF3NO3. The van der Waals surface area contributed by atoms with Crippen LogP contribution in [0.4, 0.5) is 18.9 Å². The Morgan fingerprint density at radius 3 is 2.61 bits per heavy atom. The maximum Gasteiger partial charge on any atom is 0.262 e. The molecule has 2 rings (SSSR count). The Bertz CT molecular complexity index is 768. The van der Waals surface area contributed by atoms with Crippen LogP contribution >= 0.6 is 15.9 Å². The van der Waals surface area contributed by atoms with Gasteiger partial charge >= 0.3 is 0 Å². The van der Waals surface area contributed by atoms with E-state index in [1.807, 2.05) is 0 Å². The van der Waals surface area contributed by atoms with E-state index >= 15 is 0 Å². The molecule has 2 aromatic carbocycles. The van der Waals surface area contributed by atoms with Crippen molar-refractivity contribution in [2.24, 2.45) is 0 Å². The van der Waals surface area contributed by atoms with Crippen LogP contribution in [0.25, 0.3) is 0 Å². The third-order valence-corrected chi connectivity index (χ3v) is 3.26. The largest absolute Gasteiger partial charge is 0.483 e. The van der Waals surface area contributed by atoms with E-state index in [0.29, 0.717) is 16.8 Å². The van der Waals surface area contributed by atoms with Gasteiger partial charge in [-0.25, -0.2) is 13.2 Å². The summed E-state index contributed by atoms with van der Waals surface area (Å²) >= 11 is 3.18. The van der Waals surface area contributed by atoms with Crippen molar-refractivity contribution in [2.75, 3.05) is 11.9 Å². The van der Waals surface area contributed by atoms with Crippen molar-refractivity contribution >= 4 is 33.8 Å². The van der Waals surface area contributed by atoms with Gasteiger partial charge in [-0.3, -0.25) is 9.59 Å². The molecule has 0 radical (unpaired) electrons. The standard InChI is InChI=1S/C15H9BrF3NO3/c16-9-1-4-12(8(5-9)6-21)23-7-13(22)20-11-3-2-10(17)14(18)15(11)19/h1-6H,7H2,(H,20,22). The highest BCUT2D eigenvalue weighted by Gasteiger charge is 2.15. The summed E-state index contributed by atoms with van der Waals surface area (Å²) in [6.45, 7) is -0.541. The van der Waals surface area contributed by atoms with Gasteiger partial charge in [0.2, 0.25) is 0 Å². The van der Waals surface area contributed by atoms with Crippen molar-refractivity contribution in [1.82, 2.24) is 0 Å². The smallest absolute Gasteiger partial charge is 0.262 e. The second-order valence-corrected chi connectivity index (χ2v) is 5.28. The number of carbonyl (C=O) groups is 2. The maximum atomic E-state index is 13.4. The molecule has 0 saturated heterocycles. The van der Waals surface area contributed by atoms with Gasteiger partial charge in [-0.2, -0.15) is 0 Å². The first-order valence-corrected chi connectivity index (χ1v) is 7.02. The zero-order chi connectivity index (χ0) is 17.0. The number of rotatable bonds is 5. The molecule has 0 aliphatic rings. The van der Waals surface area contributed by atoms with Crippen LogP contribution in [-0.2, 0) is 4.79 Å². The first kappa shape index (κ1) is 17.0. The summed E-state index contributed by atoms with van der Waals surface area (Å²) in [6, 6.07) is 6.15. The maximum absolute atomic E-state index is 13.4. The lowest BCUT2D eigenvalue weighted by atomic mass is 10.2. The van der Waals surface area contributed by atoms with Crippen LogP contribution in [0.2, 0.25) is 0 Å². The van der Waals surface area contributed by atoms with Crippen LogP contribution in [0.1, 0.15) is 10.4 Å². The summed E-state index contributed by atoms with van der Waals surface area (Å²) in [6.07, 6.45) is 0.549. The average Bonchev–Trinajstić information content (AvgIpc) is 2.54. The molecule has 0 spiro atoms. The number of anilines is 1. The molecule has 120 valence electrons. The Balaban J connectivity index is 2.04. The van der Waals surface area contributed by atoms with Gasteiger partial charge in [0, 0.05) is 4.47 Å². The predicted molar refractivity (Wildman–Crippen MR) is 80.0 cm³/mol. The van der Waals surface area contributed by atoms with E-state index < -0.39 is 35.7 Å². The Kier molecular flexibility index (Phi) is 5.38. The number of aldehydes is 1. The number of ether oxygens (including phenoxy) is 1. The Hall–Kier alpha value is -2.35. The Morgan fingerprint density at radius 2 is 1.91 bits per heavy atom. The quantitative estimate of drug-likeness (QED) is 0.628. The fraction of sp³-hybridized carbons (Fsp3) is 0.0667. The van der Waals surface area contributed by atoms with Gasteiger partial charge < -0.3 is 10.1 Å². The molecule has 0 aromatic heterocycles. The number of amides is 1. The molecule has 0 heterocycles. The summed E-state index contributed by atoms with van der Waals surface area (Å²) in [5.74, 6) is -5.18. The number of benzene rings is 2. The summed E-state index contributed by atoms with van der Waals surface area (Å²) in [5, 5.41) is 2.05. The van der Waals surface area contributed by atoms with E-state index in [4.69, 9.17) is 4.74 Å². The van der Waals surface area contributed by atoms with Crippen LogP contribution in [-0.4, -0.2) is 18.8 Å². The van der Waals surface area contributed by atoms with E-state index in [0.717, 1.165) is 6.07 Å². The number of hydrogen-bond donors (Lipinski definition) is 1. The van der Waals surface area contributed by atoms with E-state index in [2.05, 4.69) is 21.2 Å². The Morgan fingerprint density at radius 1 is 1.17 bits per heavy atom. The lowest BCUT2D eigenvalue weighted by molar-refractivity contribution is -0.118. The van der Waals surface area contributed by atoms with Crippen molar-refractivity contribution in [2.45, 2.75) is 0 Å². The average molecular weight is 388 g/mol. The first-order valence-electron chi connectivity index (χ1n) is 6.23. The lowest BCUT2D eigenvalue weighted by Crippen LogP contribution is -2.21. The van der Waals surface area contributed by atoms with Gasteiger partial charge in [0.15, 0.2) is 30.3 Å². The van der Waals surface area contributed by atoms with Crippen LogP contribution in [0.5, 0.6) is 5.75 Å². The fourth-order valence-corrected chi connectivity index (χ4v) is 2.07. The minimum atomic E-state index is -1.68. The molecule has 1 N–H and O–H groups in total. The number of nitrogens with one attached hydrogen (secondary N) is 1.